The van der Waals surface area contributed by atoms with Gasteiger partial charge >= 0.3 is 0 Å². The molecule has 20 heavy (non-hydrogen) atoms. The largest absolute Gasteiger partial charge is 0.324 e. The first-order valence-corrected chi connectivity index (χ1v) is 8.29. The van der Waals surface area contributed by atoms with Crippen molar-refractivity contribution in [3.05, 3.63) is 42.3 Å². The second kappa shape index (κ2) is 6.42. The number of amides is 1. The SMILES string of the molecule is Cc1cc(I)ccc1NC(=O)Cn1nc(C)c(I)c1C. The van der Waals surface area contributed by atoms with Gasteiger partial charge in [0.25, 0.3) is 0 Å². The molecule has 0 saturated carbocycles. The second-order valence-corrected chi connectivity index (χ2v) is 6.97. The molecule has 0 aliphatic heterocycles. The summed E-state index contributed by atoms with van der Waals surface area (Å²) in [6.07, 6.45) is 0. The highest BCUT2D eigenvalue weighted by Crippen LogP contribution is 2.18. The number of nitrogens with zero attached hydrogens (tertiary/aromatic N) is 2. The summed E-state index contributed by atoms with van der Waals surface area (Å²) in [6.45, 7) is 6.16. The number of rotatable bonds is 3. The maximum atomic E-state index is 12.1. The van der Waals surface area contributed by atoms with E-state index in [1.807, 2.05) is 39.0 Å². The van der Waals surface area contributed by atoms with Gasteiger partial charge in [0.15, 0.2) is 0 Å². The summed E-state index contributed by atoms with van der Waals surface area (Å²) in [5.41, 5.74) is 3.90. The lowest BCUT2D eigenvalue weighted by molar-refractivity contribution is -0.116. The van der Waals surface area contributed by atoms with Gasteiger partial charge in [-0.25, -0.2) is 0 Å². The molecule has 0 radical (unpaired) electrons. The van der Waals surface area contributed by atoms with Gasteiger partial charge in [0, 0.05) is 15.0 Å². The molecule has 1 aromatic heterocycles. The highest BCUT2D eigenvalue weighted by molar-refractivity contribution is 14.1. The van der Waals surface area contributed by atoms with Crippen LogP contribution in [-0.4, -0.2) is 15.7 Å². The van der Waals surface area contributed by atoms with E-state index >= 15 is 0 Å². The molecule has 0 atom stereocenters. The van der Waals surface area contributed by atoms with Crippen molar-refractivity contribution in [2.75, 3.05) is 5.32 Å². The van der Waals surface area contributed by atoms with Crippen LogP contribution in [0.5, 0.6) is 0 Å². The van der Waals surface area contributed by atoms with Crippen LogP contribution in [-0.2, 0) is 11.3 Å². The van der Waals surface area contributed by atoms with Crippen LogP contribution in [0.4, 0.5) is 5.69 Å². The van der Waals surface area contributed by atoms with Gasteiger partial charge in [-0.15, -0.1) is 0 Å². The highest BCUT2D eigenvalue weighted by atomic mass is 127. The predicted molar refractivity (Wildman–Crippen MR) is 96.9 cm³/mol. The standard InChI is InChI=1S/C14H15I2N3O/c1-8-6-11(15)4-5-12(8)17-13(20)7-19-10(3)14(16)9(2)18-19/h4-6H,7H2,1-3H3,(H,17,20). The Hall–Kier alpha value is -0.640. The summed E-state index contributed by atoms with van der Waals surface area (Å²) in [6, 6.07) is 5.96. The first-order chi connectivity index (χ1) is 9.38. The third-order valence-corrected chi connectivity index (χ3v) is 5.28. The molecule has 0 fully saturated rings. The van der Waals surface area contributed by atoms with E-state index in [1.54, 1.807) is 4.68 Å². The number of benzene rings is 1. The van der Waals surface area contributed by atoms with Gasteiger partial charge in [0.2, 0.25) is 5.91 Å². The van der Waals surface area contributed by atoms with Crippen LogP contribution in [0.15, 0.2) is 18.2 Å². The van der Waals surface area contributed by atoms with Crippen molar-refractivity contribution in [3.63, 3.8) is 0 Å². The number of hydrogen-bond acceptors (Lipinski definition) is 2. The Morgan fingerprint density at radius 1 is 1.30 bits per heavy atom. The molecular weight excluding hydrogens is 480 g/mol. The van der Waals surface area contributed by atoms with Crippen LogP contribution in [0.3, 0.4) is 0 Å². The Morgan fingerprint density at radius 2 is 2.00 bits per heavy atom. The van der Waals surface area contributed by atoms with Gasteiger partial charge in [-0.3, -0.25) is 9.48 Å². The summed E-state index contributed by atoms with van der Waals surface area (Å²) < 4.78 is 4.01. The molecule has 0 aliphatic carbocycles. The molecule has 4 nitrogen and oxygen atoms in total. The molecule has 1 amide bonds. The van der Waals surface area contributed by atoms with Crippen LogP contribution >= 0.6 is 45.2 Å². The van der Waals surface area contributed by atoms with Gasteiger partial charge in [0.05, 0.1) is 9.26 Å². The zero-order chi connectivity index (χ0) is 14.9. The van der Waals surface area contributed by atoms with Gasteiger partial charge in [-0.05, 0) is 89.7 Å². The van der Waals surface area contributed by atoms with E-state index < -0.39 is 0 Å². The van der Waals surface area contributed by atoms with Gasteiger partial charge in [-0.1, -0.05) is 0 Å². The van der Waals surface area contributed by atoms with Crippen molar-refractivity contribution >= 4 is 56.8 Å². The molecule has 0 aliphatic rings. The first-order valence-electron chi connectivity index (χ1n) is 6.14. The van der Waals surface area contributed by atoms with Gasteiger partial charge in [-0.2, -0.15) is 5.10 Å². The van der Waals surface area contributed by atoms with E-state index in [4.69, 9.17) is 0 Å². The number of aromatic nitrogens is 2. The van der Waals surface area contributed by atoms with E-state index in [1.165, 1.54) is 0 Å². The first kappa shape index (κ1) is 15.7. The van der Waals surface area contributed by atoms with Crippen molar-refractivity contribution in [2.24, 2.45) is 0 Å². The van der Waals surface area contributed by atoms with Crippen molar-refractivity contribution in [1.82, 2.24) is 9.78 Å². The Kier molecular flexibility index (Phi) is 5.05. The summed E-state index contributed by atoms with van der Waals surface area (Å²) in [5, 5.41) is 7.31. The Labute approximate surface area is 145 Å². The van der Waals surface area contributed by atoms with Crippen molar-refractivity contribution < 1.29 is 4.79 Å². The molecule has 2 aromatic rings. The Morgan fingerprint density at radius 3 is 2.55 bits per heavy atom. The van der Waals surface area contributed by atoms with E-state index in [9.17, 15) is 4.79 Å². The fourth-order valence-corrected chi connectivity index (χ4v) is 2.96. The molecule has 1 aromatic carbocycles. The minimum Gasteiger partial charge on any atom is -0.324 e. The fraction of sp³-hybridized carbons (Fsp3) is 0.286. The van der Waals surface area contributed by atoms with E-state index in [2.05, 4.69) is 55.6 Å². The quantitative estimate of drug-likeness (QED) is 0.662. The average Bonchev–Trinajstić information content (AvgIpc) is 2.61. The van der Waals surface area contributed by atoms with Crippen LogP contribution in [0, 0.1) is 27.9 Å². The van der Waals surface area contributed by atoms with Crippen molar-refractivity contribution in [3.8, 4) is 0 Å². The van der Waals surface area contributed by atoms with Crippen LogP contribution < -0.4 is 5.32 Å². The van der Waals surface area contributed by atoms with Crippen LogP contribution in [0.1, 0.15) is 17.0 Å². The van der Waals surface area contributed by atoms with E-state index in [-0.39, 0.29) is 12.5 Å². The monoisotopic (exact) mass is 495 g/mol. The zero-order valence-electron chi connectivity index (χ0n) is 11.5. The normalized spacial score (nSPS) is 10.7. The van der Waals surface area contributed by atoms with Crippen molar-refractivity contribution in [2.45, 2.75) is 27.3 Å². The molecule has 0 saturated heterocycles. The minimum absolute atomic E-state index is 0.0590. The maximum absolute atomic E-state index is 12.1. The van der Waals surface area contributed by atoms with Crippen molar-refractivity contribution in [1.29, 1.82) is 0 Å². The van der Waals surface area contributed by atoms with Crippen LogP contribution in [0.25, 0.3) is 0 Å². The molecule has 0 bridgehead atoms. The summed E-state index contributed by atoms with van der Waals surface area (Å²) in [4.78, 5) is 12.1. The third-order valence-electron chi connectivity index (χ3n) is 3.05. The maximum Gasteiger partial charge on any atom is 0.246 e. The Bertz CT molecular complexity index is 665. The topological polar surface area (TPSA) is 46.9 Å². The molecular formula is C14H15I2N3O. The number of aryl methyl sites for hydroxylation is 2. The molecule has 6 heteroatoms. The van der Waals surface area contributed by atoms with Crippen LogP contribution in [0.2, 0.25) is 0 Å². The smallest absolute Gasteiger partial charge is 0.246 e. The number of halogens is 2. The van der Waals surface area contributed by atoms with Gasteiger partial charge in [0.1, 0.15) is 6.54 Å². The lowest BCUT2D eigenvalue weighted by Crippen LogP contribution is -2.20. The number of hydrogen-bond donors (Lipinski definition) is 1. The highest BCUT2D eigenvalue weighted by Gasteiger charge is 2.12. The minimum atomic E-state index is -0.0590. The third kappa shape index (κ3) is 3.51. The second-order valence-electron chi connectivity index (χ2n) is 4.65. The zero-order valence-corrected chi connectivity index (χ0v) is 15.8. The molecule has 0 spiro atoms. The molecule has 1 heterocycles. The number of nitrogens with one attached hydrogen (secondary N) is 1. The lowest BCUT2D eigenvalue weighted by atomic mass is 10.2. The number of anilines is 1. The summed E-state index contributed by atoms with van der Waals surface area (Å²) >= 11 is 4.51. The molecule has 0 unspecified atom stereocenters. The molecule has 1 N–H and O–H groups in total. The molecule has 106 valence electrons. The summed E-state index contributed by atoms with van der Waals surface area (Å²) in [7, 11) is 0. The summed E-state index contributed by atoms with van der Waals surface area (Å²) in [5.74, 6) is -0.0590. The number of carbonyl (C=O) groups excluding carboxylic acids is 1. The Balaban J connectivity index is 2.11. The lowest BCUT2D eigenvalue weighted by Gasteiger charge is -2.09. The average molecular weight is 495 g/mol. The molecule has 2 rings (SSSR count). The number of carbonyl (C=O) groups is 1. The predicted octanol–water partition coefficient (Wildman–Crippen LogP) is 3.66. The fourth-order valence-electron chi connectivity index (χ4n) is 1.92. The van der Waals surface area contributed by atoms with E-state index in [0.29, 0.717) is 0 Å². The van der Waals surface area contributed by atoms with Gasteiger partial charge < -0.3 is 5.32 Å². The van der Waals surface area contributed by atoms with E-state index in [0.717, 1.165) is 29.8 Å².